The zero-order valence-corrected chi connectivity index (χ0v) is 18.6. The topological polar surface area (TPSA) is 68.9 Å². The molecule has 7 heteroatoms. The third-order valence-corrected chi connectivity index (χ3v) is 5.48. The Hall–Kier alpha value is -2.38. The quantitative estimate of drug-likeness (QED) is 0.375. The molecule has 1 aromatic heterocycles. The molecule has 1 saturated heterocycles. The summed E-state index contributed by atoms with van der Waals surface area (Å²) in [6.07, 6.45) is 1.10. The first-order valence-electron chi connectivity index (χ1n) is 11.0. The molecule has 7 nitrogen and oxygen atoms in total. The van der Waals surface area contributed by atoms with Crippen LogP contribution in [0.1, 0.15) is 43.2 Å². The molecular formula is C23H36N6O. The fourth-order valence-corrected chi connectivity index (χ4v) is 3.60. The van der Waals surface area contributed by atoms with Crippen molar-refractivity contribution in [2.24, 2.45) is 4.99 Å². The monoisotopic (exact) mass is 412 g/mol. The molecular weight excluding hydrogens is 376 g/mol. The number of guanidine groups is 1. The van der Waals surface area contributed by atoms with Crippen LogP contribution < -0.4 is 10.6 Å². The van der Waals surface area contributed by atoms with Crippen molar-refractivity contribution in [1.29, 1.82) is 0 Å². The zero-order chi connectivity index (χ0) is 21.2. The van der Waals surface area contributed by atoms with Gasteiger partial charge in [-0.05, 0) is 24.4 Å². The Bertz CT molecular complexity index is 765. The highest BCUT2D eigenvalue weighted by atomic mass is 16.5. The number of aromatic nitrogens is 1. The van der Waals surface area contributed by atoms with Crippen molar-refractivity contribution < 1.29 is 4.52 Å². The molecule has 30 heavy (non-hydrogen) atoms. The van der Waals surface area contributed by atoms with Crippen LogP contribution in [0.15, 0.2) is 45.9 Å². The minimum absolute atomic E-state index is 0.375. The fraction of sp³-hybridized carbons (Fsp3) is 0.565. The maximum Gasteiger partial charge on any atom is 0.191 e. The van der Waals surface area contributed by atoms with E-state index in [9.17, 15) is 0 Å². The van der Waals surface area contributed by atoms with Gasteiger partial charge in [-0.2, -0.15) is 0 Å². The van der Waals surface area contributed by atoms with E-state index >= 15 is 0 Å². The van der Waals surface area contributed by atoms with Gasteiger partial charge in [0, 0.05) is 52.4 Å². The number of hydrogen-bond acceptors (Lipinski definition) is 5. The number of aliphatic imine (C=N–C) groups is 1. The molecule has 0 bridgehead atoms. The van der Waals surface area contributed by atoms with Gasteiger partial charge in [-0.3, -0.25) is 9.89 Å². The SMILES string of the molecule is CN=C(NCCCN1CCN(Cc2ccccc2)CC1)NCc1cc(C(C)C)no1. The minimum Gasteiger partial charge on any atom is -0.359 e. The lowest BCUT2D eigenvalue weighted by Crippen LogP contribution is -2.46. The molecule has 1 fully saturated rings. The van der Waals surface area contributed by atoms with E-state index in [1.807, 2.05) is 6.07 Å². The van der Waals surface area contributed by atoms with E-state index in [1.165, 1.54) is 5.56 Å². The van der Waals surface area contributed by atoms with Crippen LogP contribution >= 0.6 is 0 Å². The van der Waals surface area contributed by atoms with E-state index in [1.54, 1.807) is 7.05 Å². The minimum atomic E-state index is 0.375. The molecule has 0 radical (unpaired) electrons. The van der Waals surface area contributed by atoms with Gasteiger partial charge < -0.3 is 20.1 Å². The predicted octanol–water partition coefficient (Wildman–Crippen LogP) is 2.67. The van der Waals surface area contributed by atoms with Crippen LogP contribution in [0.25, 0.3) is 0 Å². The van der Waals surface area contributed by atoms with Crippen LogP contribution in [0.3, 0.4) is 0 Å². The van der Waals surface area contributed by atoms with Gasteiger partial charge in [-0.1, -0.05) is 49.3 Å². The molecule has 2 heterocycles. The Morgan fingerprint density at radius 2 is 1.83 bits per heavy atom. The highest BCUT2D eigenvalue weighted by Crippen LogP contribution is 2.13. The Morgan fingerprint density at radius 1 is 1.10 bits per heavy atom. The first kappa shape index (κ1) is 22.3. The summed E-state index contributed by atoms with van der Waals surface area (Å²) in [6, 6.07) is 12.7. The molecule has 1 aromatic carbocycles. The van der Waals surface area contributed by atoms with Gasteiger partial charge in [0.05, 0.1) is 12.2 Å². The summed E-state index contributed by atoms with van der Waals surface area (Å²) in [6.45, 7) is 12.4. The Labute approximate surface area is 180 Å². The largest absolute Gasteiger partial charge is 0.359 e. The summed E-state index contributed by atoms with van der Waals surface area (Å²) in [4.78, 5) is 9.39. The number of benzene rings is 1. The average Bonchev–Trinajstić information content (AvgIpc) is 3.25. The van der Waals surface area contributed by atoms with E-state index in [0.29, 0.717) is 12.5 Å². The lowest BCUT2D eigenvalue weighted by atomic mass is 10.1. The highest BCUT2D eigenvalue weighted by Gasteiger charge is 2.16. The van der Waals surface area contributed by atoms with Crippen LogP contribution in [-0.2, 0) is 13.1 Å². The maximum atomic E-state index is 5.37. The van der Waals surface area contributed by atoms with E-state index < -0.39 is 0 Å². The lowest BCUT2D eigenvalue weighted by molar-refractivity contribution is 0.126. The van der Waals surface area contributed by atoms with Crippen LogP contribution in [0.4, 0.5) is 0 Å². The first-order valence-corrected chi connectivity index (χ1v) is 11.0. The summed E-state index contributed by atoms with van der Waals surface area (Å²) in [5.74, 6) is 2.00. The third kappa shape index (κ3) is 7.15. The van der Waals surface area contributed by atoms with Gasteiger partial charge in [-0.25, -0.2) is 0 Å². The van der Waals surface area contributed by atoms with Gasteiger partial charge in [0.2, 0.25) is 0 Å². The smallest absolute Gasteiger partial charge is 0.191 e. The average molecular weight is 413 g/mol. The normalized spacial score (nSPS) is 16.2. The lowest BCUT2D eigenvalue weighted by Gasteiger charge is -2.34. The molecule has 1 aliphatic rings. The Balaban J connectivity index is 1.28. The second-order valence-electron chi connectivity index (χ2n) is 8.18. The van der Waals surface area contributed by atoms with Gasteiger partial charge in [0.25, 0.3) is 0 Å². The van der Waals surface area contributed by atoms with E-state index in [0.717, 1.165) is 69.6 Å². The second kappa shape index (κ2) is 11.7. The zero-order valence-electron chi connectivity index (χ0n) is 18.6. The molecule has 164 valence electrons. The molecule has 2 N–H and O–H groups in total. The first-order chi connectivity index (χ1) is 14.6. The van der Waals surface area contributed by atoms with Gasteiger partial charge in [0.15, 0.2) is 11.7 Å². The fourth-order valence-electron chi connectivity index (χ4n) is 3.60. The van der Waals surface area contributed by atoms with Crippen LogP contribution in [0.2, 0.25) is 0 Å². The van der Waals surface area contributed by atoms with Crippen LogP contribution in [-0.4, -0.2) is 67.2 Å². The number of piperazine rings is 1. The summed E-state index contributed by atoms with van der Waals surface area (Å²) >= 11 is 0. The molecule has 3 rings (SSSR count). The van der Waals surface area contributed by atoms with Crippen molar-refractivity contribution in [3.8, 4) is 0 Å². The summed E-state index contributed by atoms with van der Waals surface area (Å²) < 4.78 is 5.37. The molecule has 2 aromatic rings. The van der Waals surface area contributed by atoms with E-state index in [4.69, 9.17) is 4.52 Å². The van der Waals surface area contributed by atoms with Crippen molar-refractivity contribution >= 4 is 5.96 Å². The molecule has 0 aliphatic carbocycles. The molecule has 0 amide bonds. The van der Waals surface area contributed by atoms with E-state index in [-0.39, 0.29) is 0 Å². The Kier molecular flexibility index (Phi) is 8.71. The highest BCUT2D eigenvalue weighted by molar-refractivity contribution is 5.79. The Morgan fingerprint density at radius 3 is 2.50 bits per heavy atom. The van der Waals surface area contributed by atoms with Crippen molar-refractivity contribution in [2.45, 2.75) is 39.3 Å². The number of nitrogens with zero attached hydrogens (tertiary/aromatic N) is 4. The molecule has 1 aliphatic heterocycles. The molecule has 0 spiro atoms. The van der Waals surface area contributed by atoms with Crippen molar-refractivity contribution in [3.63, 3.8) is 0 Å². The summed E-state index contributed by atoms with van der Waals surface area (Å²) in [7, 11) is 1.79. The number of rotatable bonds is 9. The number of nitrogens with one attached hydrogen (secondary N) is 2. The second-order valence-corrected chi connectivity index (χ2v) is 8.18. The predicted molar refractivity (Wildman–Crippen MR) is 122 cm³/mol. The molecule has 0 atom stereocenters. The van der Waals surface area contributed by atoms with Crippen molar-refractivity contribution in [1.82, 2.24) is 25.6 Å². The molecule has 0 unspecified atom stereocenters. The van der Waals surface area contributed by atoms with Gasteiger partial charge in [-0.15, -0.1) is 0 Å². The standard InChI is InChI=1S/C23H36N6O/c1-19(2)22-16-21(30-27-22)17-26-23(24-3)25-10-7-11-28-12-14-29(15-13-28)18-20-8-5-4-6-9-20/h4-6,8-9,16,19H,7,10-15,17-18H2,1-3H3,(H2,24,25,26). The molecule has 0 saturated carbocycles. The van der Waals surface area contributed by atoms with Gasteiger partial charge in [0.1, 0.15) is 0 Å². The summed E-state index contributed by atoms with van der Waals surface area (Å²) in [5, 5.41) is 10.8. The van der Waals surface area contributed by atoms with Crippen molar-refractivity contribution in [2.75, 3.05) is 46.3 Å². The maximum absolute atomic E-state index is 5.37. The number of hydrogen-bond donors (Lipinski definition) is 2. The van der Waals surface area contributed by atoms with Crippen LogP contribution in [0.5, 0.6) is 0 Å². The van der Waals surface area contributed by atoms with E-state index in [2.05, 4.69) is 74.8 Å². The summed E-state index contributed by atoms with van der Waals surface area (Å²) in [5.41, 5.74) is 2.39. The van der Waals surface area contributed by atoms with Crippen LogP contribution in [0, 0.1) is 0 Å². The van der Waals surface area contributed by atoms with Crippen molar-refractivity contribution in [3.05, 3.63) is 53.4 Å². The van der Waals surface area contributed by atoms with Gasteiger partial charge >= 0.3 is 0 Å². The third-order valence-electron chi connectivity index (χ3n) is 5.48.